The van der Waals surface area contributed by atoms with E-state index in [-0.39, 0.29) is 13.0 Å². The molecule has 1 fully saturated rings. The lowest BCUT2D eigenvalue weighted by atomic mass is 10.1. The Morgan fingerprint density at radius 1 is 1.39 bits per heavy atom. The maximum atomic E-state index is 12.7. The fourth-order valence-electron chi connectivity index (χ4n) is 2.31. The van der Waals surface area contributed by atoms with Gasteiger partial charge in [0.1, 0.15) is 11.7 Å². The third-order valence-corrected chi connectivity index (χ3v) is 5.54. The lowest BCUT2D eigenvalue weighted by Gasteiger charge is -2.21. The lowest BCUT2D eigenvalue weighted by molar-refractivity contribution is -0.137. The van der Waals surface area contributed by atoms with E-state index in [1.807, 2.05) is 0 Å². The Kier molecular flexibility index (Phi) is 4.42. The number of aliphatic hydroxyl groups is 2. The van der Waals surface area contributed by atoms with Crippen molar-refractivity contribution in [1.82, 2.24) is 4.31 Å². The zero-order chi connectivity index (χ0) is 17.5. The number of aliphatic hydroxyl groups excluding tert-OH is 1. The molecular weight excluding hydrogens is 337 g/mol. The second kappa shape index (κ2) is 5.76. The van der Waals surface area contributed by atoms with Gasteiger partial charge in [-0.05, 0) is 24.6 Å². The third kappa shape index (κ3) is 3.32. The van der Waals surface area contributed by atoms with Crippen LogP contribution in [0.3, 0.4) is 0 Å². The molecule has 1 aliphatic heterocycles. The first-order valence-electron chi connectivity index (χ1n) is 6.48. The summed E-state index contributed by atoms with van der Waals surface area (Å²) in [5.41, 5.74) is -3.34. The highest BCUT2D eigenvalue weighted by Gasteiger charge is 2.42. The first-order chi connectivity index (χ1) is 10.5. The molecule has 126 valence electrons. The molecule has 10 heteroatoms. The average Bonchev–Trinajstić information content (AvgIpc) is 2.89. The van der Waals surface area contributed by atoms with Crippen molar-refractivity contribution in [2.45, 2.75) is 23.1 Å². The van der Waals surface area contributed by atoms with E-state index < -0.39 is 51.0 Å². The van der Waals surface area contributed by atoms with Crippen LogP contribution in [-0.4, -0.2) is 48.2 Å². The summed E-state index contributed by atoms with van der Waals surface area (Å²) in [4.78, 5) is -0.560. The Labute approximate surface area is 130 Å². The van der Waals surface area contributed by atoms with Gasteiger partial charge in [0.05, 0.1) is 22.6 Å². The Bertz CT molecular complexity index is 757. The molecule has 0 bridgehead atoms. The molecule has 1 aromatic carbocycles. The molecule has 23 heavy (non-hydrogen) atoms. The summed E-state index contributed by atoms with van der Waals surface area (Å²) >= 11 is 0. The number of halogens is 3. The van der Waals surface area contributed by atoms with E-state index in [1.165, 1.54) is 6.07 Å². The van der Waals surface area contributed by atoms with Gasteiger partial charge in [0, 0.05) is 13.1 Å². The van der Waals surface area contributed by atoms with E-state index in [4.69, 9.17) is 10.4 Å². The zero-order valence-corrected chi connectivity index (χ0v) is 12.5. The molecule has 1 aromatic rings. The Morgan fingerprint density at radius 3 is 2.52 bits per heavy atom. The van der Waals surface area contributed by atoms with Crippen LogP contribution in [0.4, 0.5) is 13.2 Å². The smallest absolute Gasteiger partial charge is 0.393 e. The number of benzene rings is 1. The molecular formula is C13H13F3N2O4S. The quantitative estimate of drug-likeness (QED) is 0.835. The van der Waals surface area contributed by atoms with E-state index in [1.54, 1.807) is 0 Å². The van der Waals surface area contributed by atoms with Crippen LogP contribution in [-0.2, 0) is 16.2 Å². The van der Waals surface area contributed by atoms with E-state index >= 15 is 0 Å². The second-order valence-electron chi connectivity index (χ2n) is 5.29. The fourth-order valence-corrected chi connectivity index (χ4v) is 3.95. The number of hydrogen-bond donors (Lipinski definition) is 2. The van der Waals surface area contributed by atoms with Crippen LogP contribution >= 0.6 is 0 Å². The molecule has 0 unspecified atom stereocenters. The van der Waals surface area contributed by atoms with Crippen LogP contribution in [0.25, 0.3) is 0 Å². The molecule has 1 aliphatic rings. The molecule has 2 N–H and O–H groups in total. The minimum absolute atomic E-state index is 0.00868. The number of nitrogens with zero attached hydrogens (tertiary/aromatic N) is 2. The highest BCUT2D eigenvalue weighted by molar-refractivity contribution is 7.89. The van der Waals surface area contributed by atoms with Crippen LogP contribution in [0.1, 0.15) is 17.5 Å². The van der Waals surface area contributed by atoms with Crippen molar-refractivity contribution in [2.24, 2.45) is 0 Å². The molecule has 6 nitrogen and oxygen atoms in total. The van der Waals surface area contributed by atoms with Gasteiger partial charge in [-0.15, -0.1) is 0 Å². The fraction of sp³-hybridized carbons (Fsp3) is 0.462. The van der Waals surface area contributed by atoms with Crippen molar-refractivity contribution in [3.63, 3.8) is 0 Å². The number of β-amino-alcohol motifs (C(OH)–C–C–N with tert-alkyl or cyclic N) is 1. The highest BCUT2D eigenvalue weighted by Crippen LogP contribution is 2.33. The summed E-state index contributed by atoms with van der Waals surface area (Å²) in [6.07, 6.45) is -4.70. The monoisotopic (exact) mass is 350 g/mol. The molecule has 0 aliphatic carbocycles. The van der Waals surface area contributed by atoms with Gasteiger partial charge < -0.3 is 10.2 Å². The van der Waals surface area contributed by atoms with Gasteiger partial charge in [-0.1, -0.05) is 0 Å². The van der Waals surface area contributed by atoms with Gasteiger partial charge in [-0.25, -0.2) is 8.42 Å². The van der Waals surface area contributed by atoms with E-state index in [9.17, 15) is 26.7 Å². The van der Waals surface area contributed by atoms with Gasteiger partial charge in [0.2, 0.25) is 10.0 Å². The molecule has 0 amide bonds. The van der Waals surface area contributed by atoms with Crippen molar-refractivity contribution in [1.29, 1.82) is 5.26 Å². The first-order valence-corrected chi connectivity index (χ1v) is 7.92. The zero-order valence-electron chi connectivity index (χ0n) is 11.7. The number of sulfonamides is 1. The molecule has 0 spiro atoms. The van der Waals surface area contributed by atoms with Crippen molar-refractivity contribution in [3.8, 4) is 6.07 Å². The molecule has 1 heterocycles. The van der Waals surface area contributed by atoms with Crippen molar-refractivity contribution >= 4 is 10.0 Å². The minimum Gasteiger partial charge on any atom is -0.393 e. The van der Waals surface area contributed by atoms with Crippen LogP contribution in [0.5, 0.6) is 0 Å². The van der Waals surface area contributed by atoms with Crippen LogP contribution < -0.4 is 0 Å². The molecule has 2 rings (SSSR count). The van der Waals surface area contributed by atoms with Crippen molar-refractivity contribution < 1.29 is 31.8 Å². The van der Waals surface area contributed by atoms with E-state index in [0.717, 1.165) is 10.4 Å². The second-order valence-corrected chi connectivity index (χ2v) is 7.20. The van der Waals surface area contributed by atoms with Gasteiger partial charge in [0.25, 0.3) is 0 Å². The summed E-state index contributed by atoms with van der Waals surface area (Å²) in [5.74, 6) is 0. The van der Waals surface area contributed by atoms with E-state index in [2.05, 4.69) is 0 Å². The SMILES string of the molecule is N#Cc1cc(C(F)(F)F)ccc1S(=O)(=O)N1CC[C@](O)(CO)C1. The van der Waals surface area contributed by atoms with Crippen molar-refractivity contribution in [3.05, 3.63) is 29.3 Å². The maximum Gasteiger partial charge on any atom is 0.416 e. The highest BCUT2D eigenvalue weighted by atomic mass is 32.2. The largest absolute Gasteiger partial charge is 0.416 e. The third-order valence-electron chi connectivity index (χ3n) is 3.64. The Hall–Kier alpha value is -1.67. The molecule has 0 aromatic heterocycles. The summed E-state index contributed by atoms with van der Waals surface area (Å²) in [6, 6.07) is 3.24. The standard InChI is InChI=1S/C13H13F3N2O4S/c14-13(15,16)10-1-2-11(9(5-10)6-17)23(21,22)18-4-3-12(20,7-18)8-19/h1-2,5,19-20H,3-4,7-8H2/t12-/m1/s1. The Morgan fingerprint density at radius 2 is 2.04 bits per heavy atom. The number of alkyl halides is 3. The summed E-state index contributed by atoms with van der Waals surface area (Å²) in [6.45, 7) is -1.14. The number of rotatable bonds is 3. The van der Waals surface area contributed by atoms with Crippen LogP contribution in [0, 0.1) is 11.3 Å². The number of hydrogen-bond acceptors (Lipinski definition) is 5. The maximum absolute atomic E-state index is 12.7. The average molecular weight is 350 g/mol. The predicted molar refractivity (Wildman–Crippen MR) is 71.6 cm³/mol. The van der Waals surface area contributed by atoms with Gasteiger partial charge in [0.15, 0.2) is 0 Å². The van der Waals surface area contributed by atoms with Crippen LogP contribution in [0.2, 0.25) is 0 Å². The minimum atomic E-state index is -4.70. The molecule has 0 saturated carbocycles. The van der Waals surface area contributed by atoms with Gasteiger partial charge in [-0.3, -0.25) is 0 Å². The van der Waals surface area contributed by atoms with E-state index in [0.29, 0.717) is 12.1 Å². The number of nitriles is 1. The van der Waals surface area contributed by atoms with Gasteiger partial charge >= 0.3 is 6.18 Å². The lowest BCUT2D eigenvalue weighted by Crippen LogP contribution is -2.39. The van der Waals surface area contributed by atoms with Crippen LogP contribution in [0.15, 0.2) is 23.1 Å². The van der Waals surface area contributed by atoms with Crippen molar-refractivity contribution in [2.75, 3.05) is 19.7 Å². The Balaban J connectivity index is 2.44. The molecule has 0 radical (unpaired) electrons. The normalized spacial score (nSPS) is 23.0. The predicted octanol–water partition coefficient (Wildman–Crippen LogP) is 0.695. The summed E-state index contributed by atoms with van der Waals surface area (Å²) in [5, 5.41) is 27.9. The summed E-state index contributed by atoms with van der Waals surface area (Å²) in [7, 11) is -4.25. The molecule has 1 atom stereocenters. The first kappa shape index (κ1) is 17.7. The summed E-state index contributed by atoms with van der Waals surface area (Å²) < 4.78 is 63.8. The molecule has 1 saturated heterocycles. The topological polar surface area (TPSA) is 102 Å². The van der Waals surface area contributed by atoms with Gasteiger partial charge in [-0.2, -0.15) is 22.7 Å².